The Morgan fingerprint density at radius 3 is 2.70 bits per heavy atom. The van der Waals surface area contributed by atoms with Gasteiger partial charge in [0.1, 0.15) is 18.5 Å². The third kappa shape index (κ3) is 6.07. The summed E-state index contributed by atoms with van der Waals surface area (Å²) in [6.07, 6.45) is 2.07. The number of aliphatic hydroxyl groups excluding tert-OH is 1. The Bertz CT molecular complexity index is 623. The molecule has 0 saturated heterocycles. The molecule has 0 aliphatic carbocycles. The van der Waals surface area contributed by atoms with Crippen LogP contribution in [0.4, 0.5) is 0 Å². The van der Waals surface area contributed by atoms with Crippen molar-refractivity contribution in [2.24, 2.45) is 0 Å². The molecule has 0 fully saturated rings. The van der Waals surface area contributed by atoms with Crippen molar-refractivity contribution in [3.8, 4) is 11.8 Å². The van der Waals surface area contributed by atoms with Gasteiger partial charge in [0.2, 0.25) is 0 Å². The van der Waals surface area contributed by atoms with Gasteiger partial charge < -0.3 is 14.7 Å². The highest BCUT2D eigenvalue weighted by atomic mass is 16.5. The van der Waals surface area contributed by atoms with Crippen molar-refractivity contribution in [1.29, 1.82) is 5.26 Å². The van der Waals surface area contributed by atoms with Crippen LogP contribution in [0.2, 0.25) is 0 Å². The van der Waals surface area contributed by atoms with E-state index < -0.39 is 6.10 Å². The average Bonchev–Trinajstić information content (AvgIpc) is 2.59. The van der Waals surface area contributed by atoms with Gasteiger partial charge in [0.15, 0.2) is 0 Å². The van der Waals surface area contributed by atoms with E-state index in [1.807, 2.05) is 25.2 Å². The minimum absolute atomic E-state index is 0.222. The largest absolute Gasteiger partial charge is 0.491 e. The van der Waals surface area contributed by atoms with Crippen molar-refractivity contribution < 1.29 is 9.84 Å². The van der Waals surface area contributed by atoms with Crippen LogP contribution in [0.3, 0.4) is 0 Å². The molecule has 0 bridgehead atoms. The fourth-order valence-corrected chi connectivity index (χ4v) is 2.17. The van der Waals surface area contributed by atoms with Gasteiger partial charge in [-0.1, -0.05) is 6.07 Å². The van der Waals surface area contributed by atoms with E-state index in [2.05, 4.69) is 16.0 Å². The maximum Gasteiger partial charge on any atom is 0.119 e. The maximum atomic E-state index is 10.0. The smallest absolute Gasteiger partial charge is 0.119 e. The molecule has 23 heavy (non-hydrogen) atoms. The van der Waals surface area contributed by atoms with E-state index in [1.54, 1.807) is 30.5 Å². The highest BCUT2D eigenvalue weighted by Crippen LogP contribution is 2.11. The highest BCUT2D eigenvalue weighted by molar-refractivity contribution is 5.34. The van der Waals surface area contributed by atoms with Gasteiger partial charge in [0.25, 0.3) is 0 Å². The number of rotatable bonds is 8. The lowest BCUT2D eigenvalue weighted by atomic mass is 10.2. The Morgan fingerprint density at radius 1 is 1.26 bits per heavy atom. The molecule has 1 heterocycles. The van der Waals surface area contributed by atoms with Crippen LogP contribution in [0.1, 0.15) is 11.3 Å². The van der Waals surface area contributed by atoms with Gasteiger partial charge >= 0.3 is 0 Å². The van der Waals surface area contributed by atoms with E-state index in [0.717, 1.165) is 18.7 Å². The zero-order chi connectivity index (χ0) is 16.5. The SMILES string of the molecule is CN(CCc1ccccn1)CC(O)COc1ccc(C#N)cc1. The molecule has 2 rings (SSSR count). The monoisotopic (exact) mass is 311 g/mol. The maximum absolute atomic E-state index is 10.0. The molecule has 1 unspecified atom stereocenters. The van der Waals surface area contributed by atoms with Crippen LogP contribution < -0.4 is 4.74 Å². The highest BCUT2D eigenvalue weighted by Gasteiger charge is 2.09. The van der Waals surface area contributed by atoms with Crippen molar-refractivity contribution in [3.05, 3.63) is 59.9 Å². The number of hydrogen-bond donors (Lipinski definition) is 1. The summed E-state index contributed by atoms with van der Waals surface area (Å²) in [6, 6.07) is 14.8. The Labute approximate surface area is 136 Å². The zero-order valence-electron chi connectivity index (χ0n) is 13.2. The molecule has 0 saturated carbocycles. The Morgan fingerprint density at radius 2 is 2.04 bits per heavy atom. The number of likely N-dealkylation sites (N-methyl/N-ethyl adjacent to an activating group) is 1. The third-order valence-electron chi connectivity index (χ3n) is 3.42. The number of benzene rings is 1. The molecule has 2 aromatic rings. The molecule has 1 aromatic heterocycles. The summed E-state index contributed by atoms with van der Waals surface area (Å²) < 4.78 is 5.53. The number of hydrogen-bond acceptors (Lipinski definition) is 5. The van der Waals surface area contributed by atoms with E-state index in [9.17, 15) is 5.11 Å². The lowest BCUT2D eigenvalue weighted by Crippen LogP contribution is -2.34. The minimum Gasteiger partial charge on any atom is -0.491 e. The first-order valence-corrected chi connectivity index (χ1v) is 7.57. The topological polar surface area (TPSA) is 69.4 Å². The van der Waals surface area contributed by atoms with Crippen molar-refractivity contribution in [2.45, 2.75) is 12.5 Å². The number of aromatic nitrogens is 1. The van der Waals surface area contributed by atoms with Gasteiger partial charge in [-0.25, -0.2) is 0 Å². The van der Waals surface area contributed by atoms with E-state index in [4.69, 9.17) is 10.00 Å². The molecule has 1 atom stereocenters. The van der Waals surface area contributed by atoms with Crippen LogP contribution in [-0.4, -0.2) is 47.8 Å². The van der Waals surface area contributed by atoms with E-state index in [-0.39, 0.29) is 6.61 Å². The van der Waals surface area contributed by atoms with Gasteiger partial charge in [-0.05, 0) is 43.4 Å². The predicted molar refractivity (Wildman–Crippen MR) is 88.1 cm³/mol. The van der Waals surface area contributed by atoms with Gasteiger partial charge in [0, 0.05) is 31.4 Å². The van der Waals surface area contributed by atoms with Crippen molar-refractivity contribution >= 4 is 0 Å². The number of pyridine rings is 1. The summed E-state index contributed by atoms with van der Waals surface area (Å²) in [6.45, 7) is 1.58. The molecule has 0 radical (unpaired) electrons. The van der Waals surface area contributed by atoms with Crippen molar-refractivity contribution in [2.75, 3.05) is 26.7 Å². The summed E-state index contributed by atoms with van der Waals surface area (Å²) in [5.41, 5.74) is 1.63. The molecular formula is C18H21N3O2. The fourth-order valence-electron chi connectivity index (χ4n) is 2.17. The van der Waals surface area contributed by atoms with E-state index >= 15 is 0 Å². The lowest BCUT2D eigenvalue weighted by Gasteiger charge is -2.20. The van der Waals surface area contributed by atoms with Crippen molar-refractivity contribution in [3.63, 3.8) is 0 Å². The second-order valence-electron chi connectivity index (χ2n) is 5.43. The molecule has 0 spiro atoms. The second-order valence-corrected chi connectivity index (χ2v) is 5.43. The first-order chi connectivity index (χ1) is 11.2. The normalized spacial score (nSPS) is 11.9. The minimum atomic E-state index is -0.570. The molecule has 0 amide bonds. The van der Waals surface area contributed by atoms with E-state index in [1.165, 1.54) is 0 Å². The summed E-state index contributed by atoms with van der Waals surface area (Å²) >= 11 is 0. The van der Waals surface area contributed by atoms with Crippen LogP contribution in [-0.2, 0) is 6.42 Å². The van der Waals surface area contributed by atoms with Gasteiger partial charge in [-0.2, -0.15) is 5.26 Å². The molecule has 0 aliphatic rings. The molecule has 5 heteroatoms. The molecule has 5 nitrogen and oxygen atoms in total. The summed E-state index contributed by atoms with van der Waals surface area (Å²) in [4.78, 5) is 6.34. The predicted octanol–water partition coefficient (Wildman–Crippen LogP) is 1.87. The fraction of sp³-hybridized carbons (Fsp3) is 0.333. The third-order valence-corrected chi connectivity index (χ3v) is 3.42. The van der Waals surface area contributed by atoms with Gasteiger partial charge in [-0.3, -0.25) is 4.98 Å². The quantitative estimate of drug-likeness (QED) is 0.806. The molecule has 0 aliphatic heterocycles. The first-order valence-electron chi connectivity index (χ1n) is 7.57. The summed E-state index contributed by atoms with van der Waals surface area (Å²) in [7, 11) is 1.97. The van der Waals surface area contributed by atoms with Crippen LogP contribution in [0.25, 0.3) is 0 Å². The van der Waals surface area contributed by atoms with Crippen molar-refractivity contribution in [1.82, 2.24) is 9.88 Å². The first kappa shape index (κ1) is 16.9. The second kappa shape index (κ2) is 8.89. The average molecular weight is 311 g/mol. The van der Waals surface area contributed by atoms with Gasteiger partial charge in [0.05, 0.1) is 11.6 Å². The Hall–Kier alpha value is -2.42. The van der Waals surface area contributed by atoms with E-state index in [0.29, 0.717) is 17.9 Å². The number of nitrogens with zero attached hydrogens (tertiary/aromatic N) is 3. The molecule has 1 aromatic carbocycles. The lowest BCUT2D eigenvalue weighted by molar-refractivity contribution is 0.0766. The summed E-state index contributed by atoms with van der Waals surface area (Å²) in [5, 5.41) is 18.8. The van der Waals surface area contributed by atoms with Crippen LogP contribution in [0.5, 0.6) is 5.75 Å². The van der Waals surface area contributed by atoms with Crippen LogP contribution in [0, 0.1) is 11.3 Å². The molecular weight excluding hydrogens is 290 g/mol. The number of ether oxygens (including phenoxy) is 1. The zero-order valence-corrected chi connectivity index (χ0v) is 13.2. The number of aliphatic hydroxyl groups is 1. The van der Waals surface area contributed by atoms with Crippen LogP contribution in [0.15, 0.2) is 48.7 Å². The molecule has 1 N–H and O–H groups in total. The van der Waals surface area contributed by atoms with Gasteiger partial charge in [-0.15, -0.1) is 0 Å². The Kier molecular flexibility index (Phi) is 6.55. The number of nitriles is 1. The Balaban J connectivity index is 1.69. The standard InChI is InChI=1S/C18H21N3O2/c1-21(11-9-16-4-2-3-10-20-16)13-17(22)14-23-18-7-5-15(12-19)6-8-18/h2-8,10,17,22H,9,11,13-14H2,1H3. The summed E-state index contributed by atoms with van der Waals surface area (Å²) in [5.74, 6) is 0.652. The van der Waals surface area contributed by atoms with Crippen LogP contribution >= 0.6 is 0 Å². The molecule has 120 valence electrons.